The van der Waals surface area contributed by atoms with Gasteiger partial charge in [0.1, 0.15) is 6.04 Å². The highest BCUT2D eigenvalue weighted by Gasteiger charge is 2.35. The lowest BCUT2D eigenvalue weighted by molar-refractivity contribution is 0.186. The molecule has 2 aromatic heterocycles. The minimum Gasteiger partial charge on any atom is -0.369 e. The molecule has 0 radical (unpaired) electrons. The molecule has 5 rings (SSSR count). The average Bonchev–Trinajstić information content (AvgIpc) is 3.40. The Balaban J connectivity index is 1.57. The van der Waals surface area contributed by atoms with Crippen LogP contribution in [0.3, 0.4) is 0 Å². The number of hydrogen-bond donors (Lipinski definition) is 1. The highest BCUT2D eigenvalue weighted by molar-refractivity contribution is 6.30. The number of H-pyrrole nitrogens is 1. The molecule has 0 spiro atoms. The van der Waals surface area contributed by atoms with Gasteiger partial charge in [0.15, 0.2) is 5.82 Å². The summed E-state index contributed by atoms with van der Waals surface area (Å²) in [5.41, 5.74) is 3.44. The summed E-state index contributed by atoms with van der Waals surface area (Å²) >= 11 is 6.25. The van der Waals surface area contributed by atoms with E-state index >= 15 is 0 Å². The molecule has 3 heterocycles. The van der Waals surface area contributed by atoms with Gasteiger partial charge < -0.3 is 9.88 Å². The summed E-state index contributed by atoms with van der Waals surface area (Å²) in [6.45, 7) is 11.6. The van der Waals surface area contributed by atoms with E-state index in [9.17, 15) is 4.79 Å². The predicted octanol–water partition coefficient (Wildman–Crippen LogP) is 4.79. The molecule has 0 saturated carbocycles. The molecule has 2 aromatic carbocycles. The summed E-state index contributed by atoms with van der Waals surface area (Å²) in [7, 11) is 0. The molecule has 1 atom stereocenters. The topological polar surface area (TPSA) is 82.9 Å². The molecule has 1 saturated heterocycles. The lowest BCUT2D eigenvalue weighted by Gasteiger charge is -2.40. The van der Waals surface area contributed by atoms with Crippen LogP contribution >= 0.6 is 11.6 Å². The summed E-state index contributed by atoms with van der Waals surface area (Å²) in [6, 6.07) is 15.8. The van der Waals surface area contributed by atoms with Crippen LogP contribution in [0.1, 0.15) is 57.1 Å². The van der Waals surface area contributed by atoms with E-state index in [1.165, 1.54) is 5.56 Å². The van der Waals surface area contributed by atoms with E-state index < -0.39 is 0 Å². The van der Waals surface area contributed by atoms with Crippen molar-refractivity contribution in [3.05, 3.63) is 80.9 Å². The number of nitrogens with one attached hydrogen (secondary N) is 1. The molecule has 8 nitrogen and oxygen atoms in total. The molecule has 1 unspecified atom stereocenters. The summed E-state index contributed by atoms with van der Waals surface area (Å²) < 4.78 is 1.90. The molecule has 0 bridgehead atoms. The Hall–Kier alpha value is -3.23. The van der Waals surface area contributed by atoms with Crippen LogP contribution < -0.4 is 10.5 Å². The first kappa shape index (κ1) is 25.4. The Morgan fingerprint density at radius 1 is 1.05 bits per heavy atom. The molecular formula is C28H34ClN7O. The van der Waals surface area contributed by atoms with Crippen molar-refractivity contribution in [2.45, 2.75) is 52.1 Å². The SMILES string of the molecule is CCc1ccc2[nH]c(=O)c(C(c3nnnn3C(C)(C)CC)N3CCN(c4cccc(Cl)c4)CC3)cc2c1. The van der Waals surface area contributed by atoms with Gasteiger partial charge in [-0.2, -0.15) is 0 Å². The van der Waals surface area contributed by atoms with E-state index in [1.54, 1.807) is 0 Å². The fourth-order valence-corrected chi connectivity index (χ4v) is 5.24. The Kier molecular flexibility index (Phi) is 7.05. The van der Waals surface area contributed by atoms with Crippen molar-refractivity contribution in [1.82, 2.24) is 30.1 Å². The zero-order valence-corrected chi connectivity index (χ0v) is 22.7. The van der Waals surface area contributed by atoms with E-state index in [0.717, 1.165) is 60.6 Å². The smallest absolute Gasteiger partial charge is 0.253 e. The number of anilines is 1. The molecule has 1 N–H and O–H groups in total. The summed E-state index contributed by atoms with van der Waals surface area (Å²) in [6.07, 6.45) is 1.79. The number of pyridine rings is 1. The third-order valence-electron chi connectivity index (χ3n) is 7.67. The first-order chi connectivity index (χ1) is 17.8. The van der Waals surface area contributed by atoms with Crippen molar-refractivity contribution < 1.29 is 0 Å². The third kappa shape index (κ3) is 5.00. The minimum absolute atomic E-state index is 0.108. The molecule has 4 aromatic rings. The van der Waals surface area contributed by atoms with E-state index in [1.807, 2.05) is 35.0 Å². The quantitative estimate of drug-likeness (QED) is 0.378. The summed E-state index contributed by atoms with van der Waals surface area (Å²) in [4.78, 5) is 21.3. The molecule has 1 aliphatic heterocycles. The first-order valence-electron chi connectivity index (χ1n) is 13.0. The van der Waals surface area contributed by atoms with Gasteiger partial charge in [0.25, 0.3) is 5.56 Å². The number of halogens is 1. The van der Waals surface area contributed by atoms with Gasteiger partial charge in [-0.05, 0) is 84.5 Å². The van der Waals surface area contributed by atoms with Gasteiger partial charge in [0.05, 0.1) is 5.54 Å². The highest BCUT2D eigenvalue weighted by atomic mass is 35.5. The number of rotatable bonds is 7. The number of aromatic amines is 1. The van der Waals surface area contributed by atoms with Gasteiger partial charge in [0, 0.05) is 48.0 Å². The van der Waals surface area contributed by atoms with Crippen molar-refractivity contribution in [1.29, 1.82) is 0 Å². The Morgan fingerprint density at radius 3 is 2.54 bits per heavy atom. The number of tetrazole rings is 1. The van der Waals surface area contributed by atoms with Crippen molar-refractivity contribution in [2.24, 2.45) is 0 Å². The molecule has 0 aliphatic carbocycles. The van der Waals surface area contributed by atoms with E-state index in [4.69, 9.17) is 11.6 Å². The molecule has 9 heteroatoms. The number of aromatic nitrogens is 5. The van der Waals surface area contributed by atoms with Gasteiger partial charge in [-0.15, -0.1) is 5.10 Å². The van der Waals surface area contributed by atoms with Crippen LogP contribution in [0.2, 0.25) is 5.02 Å². The van der Waals surface area contributed by atoms with Crippen LogP contribution in [0.15, 0.2) is 53.3 Å². The maximum Gasteiger partial charge on any atom is 0.253 e. The van der Waals surface area contributed by atoms with Gasteiger partial charge >= 0.3 is 0 Å². The Labute approximate surface area is 222 Å². The van der Waals surface area contributed by atoms with Gasteiger partial charge in [-0.25, -0.2) is 4.68 Å². The lowest BCUT2D eigenvalue weighted by atomic mass is 9.98. The van der Waals surface area contributed by atoms with Crippen LogP contribution in [-0.4, -0.2) is 56.3 Å². The second-order valence-corrected chi connectivity index (χ2v) is 10.8. The fraction of sp³-hybridized carbons (Fsp3) is 0.429. The van der Waals surface area contributed by atoms with Crippen molar-refractivity contribution in [3.63, 3.8) is 0 Å². The first-order valence-corrected chi connectivity index (χ1v) is 13.4. The molecule has 1 aliphatic rings. The molecular weight excluding hydrogens is 486 g/mol. The van der Waals surface area contributed by atoms with E-state index in [-0.39, 0.29) is 17.1 Å². The zero-order chi connectivity index (χ0) is 26.2. The van der Waals surface area contributed by atoms with Crippen LogP contribution in [0.5, 0.6) is 0 Å². The van der Waals surface area contributed by atoms with Crippen molar-refractivity contribution in [2.75, 3.05) is 31.1 Å². The average molecular weight is 520 g/mol. The predicted molar refractivity (Wildman–Crippen MR) is 148 cm³/mol. The number of nitrogens with zero attached hydrogens (tertiary/aromatic N) is 6. The number of piperazine rings is 1. The maximum atomic E-state index is 13.5. The van der Waals surface area contributed by atoms with Crippen LogP contribution in [-0.2, 0) is 12.0 Å². The van der Waals surface area contributed by atoms with Crippen molar-refractivity contribution >= 4 is 28.2 Å². The zero-order valence-electron chi connectivity index (χ0n) is 21.9. The van der Waals surface area contributed by atoms with Crippen molar-refractivity contribution in [3.8, 4) is 0 Å². The number of benzene rings is 2. The van der Waals surface area contributed by atoms with Gasteiger partial charge in [-0.1, -0.05) is 37.6 Å². The standard InChI is InChI=1S/C28H34ClN7O/c1-5-19-10-11-24-20(16-19)17-23(27(37)30-24)25(26-31-32-33-36(26)28(3,4)6-2)35-14-12-34(13-15-35)22-9-7-8-21(29)18-22/h7-11,16-18,25H,5-6,12-15H2,1-4H3,(H,30,37). The largest absolute Gasteiger partial charge is 0.369 e. The molecule has 0 amide bonds. The molecule has 1 fully saturated rings. The fourth-order valence-electron chi connectivity index (χ4n) is 5.05. The molecule has 194 valence electrons. The Bertz CT molecular complexity index is 1450. The minimum atomic E-state index is -0.374. The third-order valence-corrected chi connectivity index (χ3v) is 7.90. The van der Waals surface area contributed by atoms with Crippen LogP contribution in [0.25, 0.3) is 10.9 Å². The highest BCUT2D eigenvalue weighted by Crippen LogP contribution is 2.32. The summed E-state index contributed by atoms with van der Waals surface area (Å²) in [5, 5.41) is 14.7. The second kappa shape index (κ2) is 10.3. The van der Waals surface area contributed by atoms with E-state index in [2.05, 4.69) is 76.2 Å². The maximum absolute atomic E-state index is 13.5. The van der Waals surface area contributed by atoms with Crippen LogP contribution in [0.4, 0.5) is 5.69 Å². The number of hydrogen-bond acceptors (Lipinski definition) is 6. The van der Waals surface area contributed by atoms with Gasteiger partial charge in [-0.3, -0.25) is 9.69 Å². The monoisotopic (exact) mass is 519 g/mol. The van der Waals surface area contributed by atoms with Gasteiger partial charge in [0.2, 0.25) is 0 Å². The van der Waals surface area contributed by atoms with Crippen LogP contribution in [0, 0.1) is 0 Å². The normalized spacial score (nSPS) is 15.9. The van der Waals surface area contributed by atoms with E-state index in [0.29, 0.717) is 11.4 Å². The lowest BCUT2D eigenvalue weighted by Crippen LogP contribution is -2.49. The Morgan fingerprint density at radius 2 is 1.84 bits per heavy atom. The molecule has 37 heavy (non-hydrogen) atoms. The summed E-state index contributed by atoms with van der Waals surface area (Å²) in [5.74, 6) is 0.694. The number of aryl methyl sites for hydroxylation is 1. The second-order valence-electron chi connectivity index (χ2n) is 10.3. The number of fused-ring (bicyclic) bond motifs is 1.